The van der Waals surface area contributed by atoms with Crippen LogP contribution in [0.1, 0.15) is 17.5 Å². The summed E-state index contributed by atoms with van der Waals surface area (Å²) in [5, 5.41) is 6.30. The molecule has 3 aliphatic rings. The van der Waals surface area contributed by atoms with Gasteiger partial charge in [-0.05, 0) is 42.3 Å². The molecule has 3 N–H and O–H groups in total. The fourth-order valence-corrected chi connectivity index (χ4v) is 5.04. The zero-order valence-electron chi connectivity index (χ0n) is 17.1. The predicted molar refractivity (Wildman–Crippen MR) is 114 cm³/mol. The smallest absolute Gasteiger partial charge is 0.322 e. The molecular formula is C22H18FN3O6S. The molecule has 0 aromatic heterocycles. The zero-order chi connectivity index (χ0) is 23.2. The number of nitrogens with one attached hydrogen (secondary N) is 3. The third kappa shape index (κ3) is 3.99. The van der Waals surface area contributed by atoms with Crippen molar-refractivity contribution in [3.05, 3.63) is 59.4 Å². The topological polar surface area (TPSA) is 123 Å². The maximum absolute atomic E-state index is 13.9. The average molecular weight is 471 g/mol. The number of hydrogen-bond acceptors (Lipinski definition) is 7. The molecule has 0 bridgehead atoms. The van der Waals surface area contributed by atoms with Crippen LogP contribution >= 0.6 is 11.8 Å². The van der Waals surface area contributed by atoms with Crippen LogP contribution in [-0.2, 0) is 21.5 Å². The summed E-state index contributed by atoms with van der Waals surface area (Å²) in [4.78, 5) is 47.5. The van der Waals surface area contributed by atoms with Crippen molar-refractivity contribution in [3.8, 4) is 11.5 Å². The molecule has 5 rings (SSSR count). The third-order valence-corrected chi connectivity index (χ3v) is 6.70. The number of carbonyl (C=O) groups excluding carboxylic acids is 4. The van der Waals surface area contributed by atoms with Crippen LogP contribution in [0.25, 0.3) is 0 Å². The number of urea groups is 1. The van der Waals surface area contributed by atoms with Crippen LogP contribution in [0.2, 0.25) is 0 Å². The second-order valence-electron chi connectivity index (χ2n) is 7.94. The SMILES string of the molecule is O=C1NC(=O)C2(CC(COc3ccc(CC4SC(=O)NC4=O)cc3)Oc3ccc(F)cc32)N1. The van der Waals surface area contributed by atoms with E-state index in [1.165, 1.54) is 18.2 Å². The van der Waals surface area contributed by atoms with Crippen LogP contribution in [0.4, 0.5) is 14.0 Å². The summed E-state index contributed by atoms with van der Waals surface area (Å²) in [7, 11) is 0. The highest BCUT2D eigenvalue weighted by Gasteiger charge is 2.53. The lowest BCUT2D eigenvalue weighted by Crippen LogP contribution is -2.51. The van der Waals surface area contributed by atoms with E-state index >= 15 is 0 Å². The molecule has 9 nitrogen and oxygen atoms in total. The number of carbonyl (C=O) groups is 4. The second kappa shape index (κ2) is 8.07. The molecule has 2 saturated heterocycles. The van der Waals surface area contributed by atoms with E-state index < -0.39 is 34.6 Å². The van der Waals surface area contributed by atoms with E-state index in [2.05, 4.69) is 16.0 Å². The highest BCUT2D eigenvalue weighted by molar-refractivity contribution is 8.15. The van der Waals surface area contributed by atoms with Crippen molar-refractivity contribution in [3.63, 3.8) is 0 Å². The quantitative estimate of drug-likeness (QED) is 0.570. The number of halogens is 1. The lowest BCUT2D eigenvalue weighted by atomic mass is 9.82. The lowest BCUT2D eigenvalue weighted by molar-refractivity contribution is -0.126. The highest BCUT2D eigenvalue weighted by atomic mass is 32.2. The molecule has 3 aliphatic heterocycles. The van der Waals surface area contributed by atoms with Crippen LogP contribution in [-0.4, -0.2) is 41.0 Å². The lowest BCUT2D eigenvalue weighted by Gasteiger charge is -2.37. The third-order valence-electron chi connectivity index (χ3n) is 5.72. The minimum absolute atomic E-state index is 0.0706. The Morgan fingerprint density at radius 1 is 1.09 bits per heavy atom. The van der Waals surface area contributed by atoms with Crippen molar-refractivity contribution >= 4 is 34.8 Å². The number of fused-ring (bicyclic) bond motifs is 2. The van der Waals surface area contributed by atoms with Crippen molar-refractivity contribution in [1.82, 2.24) is 16.0 Å². The van der Waals surface area contributed by atoms with E-state index in [9.17, 15) is 23.6 Å². The molecular weight excluding hydrogens is 453 g/mol. The standard InChI is InChI=1S/C22H18FN3O6S/c23-12-3-6-16-15(8-12)22(19(28)25-20(29)26-22)9-14(32-16)10-31-13-4-1-11(2-5-13)7-17-18(27)24-21(30)33-17/h1-6,8,14,17H,7,9-10H2,(H,24,27,30)(H2,25,26,28,29). The molecule has 3 atom stereocenters. The fraction of sp³-hybridized carbons (Fsp3) is 0.273. The monoisotopic (exact) mass is 471 g/mol. The van der Waals surface area contributed by atoms with Crippen molar-refractivity contribution in [1.29, 1.82) is 0 Å². The molecule has 33 heavy (non-hydrogen) atoms. The van der Waals surface area contributed by atoms with Crippen LogP contribution in [0, 0.1) is 5.82 Å². The van der Waals surface area contributed by atoms with Gasteiger partial charge in [-0.2, -0.15) is 0 Å². The number of imide groups is 2. The van der Waals surface area contributed by atoms with Crippen molar-refractivity contribution < 1.29 is 33.0 Å². The van der Waals surface area contributed by atoms with Crippen LogP contribution in [0.3, 0.4) is 0 Å². The zero-order valence-corrected chi connectivity index (χ0v) is 17.9. The highest BCUT2D eigenvalue weighted by Crippen LogP contribution is 2.41. The molecule has 0 saturated carbocycles. The molecule has 170 valence electrons. The summed E-state index contributed by atoms with van der Waals surface area (Å²) >= 11 is 0.973. The number of thioether (sulfide) groups is 1. The summed E-state index contributed by atoms with van der Waals surface area (Å²) in [5.74, 6) is -0.564. The van der Waals surface area contributed by atoms with Gasteiger partial charge in [-0.25, -0.2) is 9.18 Å². The maximum Gasteiger partial charge on any atom is 0.322 e. The van der Waals surface area contributed by atoms with Gasteiger partial charge in [-0.15, -0.1) is 0 Å². The number of hydrogen-bond donors (Lipinski definition) is 3. The maximum atomic E-state index is 13.9. The first kappa shape index (κ1) is 21.3. The Hall–Kier alpha value is -3.60. The summed E-state index contributed by atoms with van der Waals surface area (Å²) in [5.41, 5.74) is -0.292. The van der Waals surface area contributed by atoms with Gasteiger partial charge in [0.1, 0.15) is 30.0 Å². The first-order valence-electron chi connectivity index (χ1n) is 10.2. The van der Waals surface area contributed by atoms with E-state index in [4.69, 9.17) is 9.47 Å². The minimum Gasteiger partial charge on any atom is -0.490 e. The number of rotatable bonds is 5. The van der Waals surface area contributed by atoms with E-state index in [-0.39, 0.29) is 29.7 Å². The van der Waals surface area contributed by atoms with Crippen LogP contribution < -0.4 is 25.4 Å². The minimum atomic E-state index is -1.43. The molecule has 0 aliphatic carbocycles. The molecule has 2 fully saturated rings. The molecule has 3 heterocycles. The van der Waals surface area contributed by atoms with Gasteiger partial charge < -0.3 is 14.8 Å². The van der Waals surface area contributed by atoms with Crippen LogP contribution in [0.15, 0.2) is 42.5 Å². The van der Waals surface area contributed by atoms with Crippen molar-refractivity contribution in [2.75, 3.05) is 6.61 Å². The Morgan fingerprint density at radius 2 is 1.88 bits per heavy atom. The van der Waals surface area contributed by atoms with Gasteiger partial charge in [0.25, 0.3) is 11.1 Å². The first-order valence-corrected chi connectivity index (χ1v) is 11.0. The van der Waals surface area contributed by atoms with E-state index in [1.807, 2.05) is 0 Å². The van der Waals surface area contributed by atoms with Gasteiger partial charge in [0, 0.05) is 12.0 Å². The Balaban J connectivity index is 1.27. The van der Waals surface area contributed by atoms with E-state index in [0.29, 0.717) is 17.9 Å². The van der Waals surface area contributed by atoms with Gasteiger partial charge in [-0.3, -0.25) is 25.0 Å². The molecule has 2 aromatic carbocycles. The van der Waals surface area contributed by atoms with E-state index in [1.54, 1.807) is 24.3 Å². The first-order chi connectivity index (χ1) is 15.8. The number of ether oxygens (including phenoxy) is 2. The fourth-order valence-electron chi connectivity index (χ4n) is 4.18. The van der Waals surface area contributed by atoms with Gasteiger partial charge >= 0.3 is 6.03 Å². The predicted octanol–water partition coefficient (Wildman–Crippen LogP) is 1.98. The number of amides is 5. The molecule has 11 heteroatoms. The summed E-state index contributed by atoms with van der Waals surface area (Å²) in [6, 6.07) is 10.3. The Morgan fingerprint density at radius 3 is 2.55 bits per heavy atom. The Labute approximate surface area is 191 Å². The Kier molecular flexibility index (Phi) is 5.20. The van der Waals surface area contributed by atoms with Gasteiger partial charge in [0.05, 0.1) is 5.25 Å². The Bertz CT molecular complexity index is 1170. The molecule has 0 radical (unpaired) electrons. The largest absolute Gasteiger partial charge is 0.490 e. The number of benzene rings is 2. The normalized spacial score (nSPS) is 25.8. The van der Waals surface area contributed by atoms with Crippen molar-refractivity contribution in [2.45, 2.75) is 29.7 Å². The van der Waals surface area contributed by atoms with Gasteiger partial charge in [0.2, 0.25) is 5.91 Å². The molecule has 3 unspecified atom stereocenters. The second-order valence-corrected chi connectivity index (χ2v) is 9.12. The summed E-state index contributed by atoms with van der Waals surface area (Å²) in [6.07, 6.45) is -0.100. The van der Waals surface area contributed by atoms with Gasteiger partial charge in [0.15, 0.2) is 5.54 Å². The van der Waals surface area contributed by atoms with Gasteiger partial charge in [-0.1, -0.05) is 23.9 Å². The van der Waals surface area contributed by atoms with Crippen molar-refractivity contribution in [2.24, 2.45) is 0 Å². The average Bonchev–Trinajstić information content (AvgIpc) is 3.24. The molecule has 1 spiro atoms. The molecule has 5 amide bonds. The van der Waals surface area contributed by atoms with Crippen LogP contribution in [0.5, 0.6) is 11.5 Å². The van der Waals surface area contributed by atoms with E-state index in [0.717, 1.165) is 17.3 Å². The summed E-state index contributed by atoms with van der Waals surface area (Å²) < 4.78 is 25.6. The molecule has 2 aromatic rings. The summed E-state index contributed by atoms with van der Waals surface area (Å²) in [6.45, 7) is 0.0798.